The zero-order valence-corrected chi connectivity index (χ0v) is 15.4. The topological polar surface area (TPSA) is 62.3 Å². The van der Waals surface area contributed by atoms with E-state index >= 15 is 0 Å². The molecule has 1 saturated heterocycles. The average Bonchev–Trinajstić information content (AvgIpc) is 2.63. The van der Waals surface area contributed by atoms with Crippen LogP contribution in [-0.2, 0) is 9.59 Å². The maximum atomic E-state index is 12.3. The standard InChI is InChI=1S/C21H25N3O2/c1-15-5-3-4-6-19(15)18-7-8-20(22-14-18)23-21(26)13-17-9-11-24(12-10-17)16(2)25/h3-8,14,17H,9-13H2,1-2H3,(H,22,23,26). The van der Waals surface area contributed by atoms with E-state index in [-0.39, 0.29) is 11.8 Å². The van der Waals surface area contributed by atoms with Crippen LogP contribution in [0.5, 0.6) is 0 Å². The summed E-state index contributed by atoms with van der Waals surface area (Å²) in [6.07, 6.45) is 4.04. The van der Waals surface area contributed by atoms with E-state index in [9.17, 15) is 9.59 Å². The van der Waals surface area contributed by atoms with Crippen molar-refractivity contribution < 1.29 is 9.59 Å². The molecule has 26 heavy (non-hydrogen) atoms. The first-order valence-electron chi connectivity index (χ1n) is 9.10. The van der Waals surface area contributed by atoms with E-state index in [2.05, 4.69) is 29.4 Å². The Balaban J connectivity index is 1.54. The molecule has 2 amide bonds. The van der Waals surface area contributed by atoms with Crippen LogP contribution in [0.25, 0.3) is 11.1 Å². The lowest BCUT2D eigenvalue weighted by molar-refractivity contribution is -0.130. The van der Waals surface area contributed by atoms with Gasteiger partial charge in [-0.1, -0.05) is 24.3 Å². The number of likely N-dealkylation sites (tertiary alicyclic amines) is 1. The molecule has 0 radical (unpaired) electrons. The first kappa shape index (κ1) is 18.1. The molecule has 0 atom stereocenters. The summed E-state index contributed by atoms with van der Waals surface area (Å²) in [7, 11) is 0. The third-order valence-electron chi connectivity index (χ3n) is 5.02. The van der Waals surface area contributed by atoms with Crippen LogP contribution >= 0.6 is 0 Å². The van der Waals surface area contributed by atoms with Gasteiger partial charge in [-0.05, 0) is 48.9 Å². The summed E-state index contributed by atoms with van der Waals surface area (Å²) in [5.41, 5.74) is 3.39. The van der Waals surface area contributed by atoms with Gasteiger partial charge >= 0.3 is 0 Å². The Morgan fingerprint density at radius 1 is 1.15 bits per heavy atom. The van der Waals surface area contributed by atoms with Crippen LogP contribution in [0.2, 0.25) is 0 Å². The molecule has 1 aromatic heterocycles. The molecule has 0 bridgehead atoms. The highest BCUT2D eigenvalue weighted by molar-refractivity contribution is 5.90. The quantitative estimate of drug-likeness (QED) is 0.915. The Bertz CT molecular complexity index is 778. The lowest BCUT2D eigenvalue weighted by atomic mass is 9.93. The Kier molecular flexibility index (Phi) is 5.66. The first-order chi connectivity index (χ1) is 12.5. The Morgan fingerprint density at radius 2 is 1.88 bits per heavy atom. The molecule has 0 unspecified atom stereocenters. The van der Waals surface area contributed by atoms with Crippen LogP contribution in [0, 0.1) is 12.8 Å². The third kappa shape index (κ3) is 4.48. The monoisotopic (exact) mass is 351 g/mol. The molecule has 0 spiro atoms. The van der Waals surface area contributed by atoms with Gasteiger partial charge in [0.15, 0.2) is 0 Å². The molecule has 1 aromatic carbocycles. The Morgan fingerprint density at radius 3 is 2.50 bits per heavy atom. The number of aryl methyl sites for hydroxylation is 1. The highest BCUT2D eigenvalue weighted by Crippen LogP contribution is 2.24. The molecule has 1 aliphatic rings. The van der Waals surface area contributed by atoms with E-state index in [0.717, 1.165) is 37.1 Å². The van der Waals surface area contributed by atoms with Gasteiger partial charge in [0.25, 0.3) is 0 Å². The smallest absolute Gasteiger partial charge is 0.225 e. The van der Waals surface area contributed by atoms with Crippen LogP contribution in [0.15, 0.2) is 42.6 Å². The van der Waals surface area contributed by atoms with Crippen LogP contribution in [-0.4, -0.2) is 34.8 Å². The summed E-state index contributed by atoms with van der Waals surface area (Å²) in [5.74, 6) is 1.01. The van der Waals surface area contributed by atoms with Crippen molar-refractivity contribution in [2.24, 2.45) is 5.92 Å². The predicted molar refractivity (Wildman–Crippen MR) is 103 cm³/mol. The van der Waals surface area contributed by atoms with E-state index in [0.29, 0.717) is 18.2 Å². The molecule has 5 nitrogen and oxygen atoms in total. The van der Waals surface area contributed by atoms with Crippen molar-refractivity contribution in [1.82, 2.24) is 9.88 Å². The van der Waals surface area contributed by atoms with Gasteiger partial charge in [0.05, 0.1) is 0 Å². The molecular weight excluding hydrogens is 326 g/mol. The van der Waals surface area contributed by atoms with E-state index in [1.54, 1.807) is 13.1 Å². The molecule has 2 heterocycles. The van der Waals surface area contributed by atoms with Crippen molar-refractivity contribution in [1.29, 1.82) is 0 Å². The number of carbonyl (C=O) groups excluding carboxylic acids is 2. The number of benzene rings is 1. The molecule has 0 saturated carbocycles. The molecule has 0 aliphatic carbocycles. The number of aromatic nitrogens is 1. The van der Waals surface area contributed by atoms with Crippen LogP contribution in [0.1, 0.15) is 31.7 Å². The maximum absolute atomic E-state index is 12.3. The second-order valence-electron chi connectivity index (χ2n) is 6.95. The number of pyridine rings is 1. The maximum Gasteiger partial charge on any atom is 0.225 e. The predicted octanol–water partition coefficient (Wildman–Crippen LogP) is 3.64. The SMILES string of the molecule is CC(=O)N1CCC(CC(=O)Nc2ccc(-c3ccccc3C)cn2)CC1. The molecule has 5 heteroatoms. The van der Waals surface area contributed by atoms with Gasteiger partial charge in [0.1, 0.15) is 5.82 Å². The van der Waals surface area contributed by atoms with Gasteiger partial charge in [-0.15, -0.1) is 0 Å². The normalized spacial score (nSPS) is 14.9. The minimum absolute atomic E-state index is 0.0117. The molecule has 1 aliphatic heterocycles. The highest BCUT2D eigenvalue weighted by atomic mass is 16.2. The summed E-state index contributed by atoms with van der Waals surface area (Å²) in [4.78, 5) is 29.9. The molecule has 136 valence electrons. The number of piperidine rings is 1. The summed E-state index contributed by atoms with van der Waals surface area (Å²) < 4.78 is 0. The van der Waals surface area contributed by atoms with Gasteiger partial charge in [0, 0.05) is 38.2 Å². The minimum Gasteiger partial charge on any atom is -0.343 e. The molecule has 1 fully saturated rings. The summed E-state index contributed by atoms with van der Waals surface area (Å²) in [6.45, 7) is 5.16. The number of nitrogens with zero attached hydrogens (tertiary/aromatic N) is 2. The number of hydrogen-bond donors (Lipinski definition) is 1. The average molecular weight is 351 g/mol. The van der Waals surface area contributed by atoms with Crippen LogP contribution < -0.4 is 5.32 Å². The largest absolute Gasteiger partial charge is 0.343 e. The van der Waals surface area contributed by atoms with Crippen molar-refractivity contribution in [2.75, 3.05) is 18.4 Å². The van der Waals surface area contributed by atoms with Crippen molar-refractivity contribution >= 4 is 17.6 Å². The number of nitrogens with one attached hydrogen (secondary N) is 1. The molecular formula is C21H25N3O2. The van der Waals surface area contributed by atoms with E-state index in [1.807, 2.05) is 29.2 Å². The summed E-state index contributed by atoms with van der Waals surface area (Å²) in [6, 6.07) is 12.0. The summed E-state index contributed by atoms with van der Waals surface area (Å²) >= 11 is 0. The second kappa shape index (κ2) is 8.13. The second-order valence-corrected chi connectivity index (χ2v) is 6.95. The third-order valence-corrected chi connectivity index (χ3v) is 5.02. The molecule has 2 aromatic rings. The lowest BCUT2D eigenvalue weighted by Gasteiger charge is -2.30. The fraction of sp³-hybridized carbons (Fsp3) is 0.381. The van der Waals surface area contributed by atoms with Gasteiger partial charge < -0.3 is 10.2 Å². The number of rotatable bonds is 4. The minimum atomic E-state index is -0.0117. The molecule has 3 rings (SSSR count). The summed E-state index contributed by atoms with van der Waals surface area (Å²) in [5, 5.41) is 2.89. The highest BCUT2D eigenvalue weighted by Gasteiger charge is 2.22. The first-order valence-corrected chi connectivity index (χ1v) is 9.10. The number of hydrogen-bond acceptors (Lipinski definition) is 3. The van der Waals surface area contributed by atoms with Crippen molar-refractivity contribution in [2.45, 2.75) is 33.1 Å². The van der Waals surface area contributed by atoms with Gasteiger partial charge in [-0.2, -0.15) is 0 Å². The van der Waals surface area contributed by atoms with Crippen molar-refractivity contribution in [3.63, 3.8) is 0 Å². The number of amides is 2. The molecule has 1 N–H and O–H groups in total. The Hall–Kier alpha value is -2.69. The van der Waals surface area contributed by atoms with E-state index < -0.39 is 0 Å². The number of anilines is 1. The van der Waals surface area contributed by atoms with Crippen LogP contribution in [0.4, 0.5) is 5.82 Å². The van der Waals surface area contributed by atoms with Gasteiger partial charge in [-0.3, -0.25) is 9.59 Å². The Labute approximate surface area is 154 Å². The number of carbonyl (C=O) groups is 2. The van der Waals surface area contributed by atoms with Crippen LogP contribution in [0.3, 0.4) is 0 Å². The lowest BCUT2D eigenvalue weighted by Crippen LogP contribution is -2.37. The van der Waals surface area contributed by atoms with E-state index in [4.69, 9.17) is 0 Å². The van der Waals surface area contributed by atoms with Gasteiger partial charge in [0.2, 0.25) is 11.8 Å². The zero-order valence-electron chi connectivity index (χ0n) is 15.4. The fourth-order valence-corrected chi connectivity index (χ4v) is 3.43. The van der Waals surface area contributed by atoms with Gasteiger partial charge in [-0.25, -0.2) is 4.98 Å². The van der Waals surface area contributed by atoms with E-state index in [1.165, 1.54) is 5.56 Å². The fourth-order valence-electron chi connectivity index (χ4n) is 3.43. The van der Waals surface area contributed by atoms with Crippen molar-refractivity contribution in [3.8, 4) is 11.1 Å². The van der Waals surface area contributed by atoms with Crippen molar-refractivity contribution in [3.05, 3.63) is 48.2 Å². The zero-order chi connectivity index (χ0) is 18.5.